The van der Waals surface area contributed by atoms with Gasteiger partial charge in [-0.05, 0) is 19.8 Å². The average molecular weight is 253 g/mol. The topological polar surface area (TPSA) is 116 Å². The highest BCUT2D eigenvalue weighted by molar-refractivity contribution is 5.60. The number of nitrogens with two attached hydrogens (primary N) is 1. The van der Waals surface area contributed by atoms with Crippen LogP contribution in [0, 0.1) is 17.0 Å². The zero-order valence-corrected chi connectivity index (χ0v) is 10.0. The summed E-state index contributed by atoms with van der Waals surface area (Å²) in [7, 11) is 0. The normalized spacial score (nSPS) is 16.5. The molecule has 2 rings (SSSR count). The summed E-state index contributed by atoms with van der Waals surface area (Å²) in [5, 5.41) is 14.1. The Morgan fingerprint density at radius 2 is 2.11 bits per heavy atom. The predicted molar refractivity (Wildman–Crippen MR) is 65.3 cm³/mol. The number of aromatic nitrogens is 2. The van der Waals surface area contributed by atoms with Crippen LogP contribution in [0.4, 0.5) is 17.5 Å². The minimum absolute atomic E-state index is 0.0349. The van der Waals surface area contributed by atoms with Crippen molar-refractivity contribution in [1.29, 1.82) is 0 Å². The minimum atomic E-state index is -0.490. The number of nitrogen functional groups attached to an aromatic ring is 1. The Labute approximate surface area is 104 Å². The molecule has 0 atom stereocenters. The number of ether oxygens (including phenoxy) is 1. The summed E-state index contributed by atoms with van der Waals surface area (Å²) < 4.78 is 5.23. The molecule has 18 heavy (non-hydrogen) atoms. The average Bonchev–Trinajstić information content (AvgIpc) is 2.28. The van der Waals surface area contributed by atoms with Gasteiger partial charge in [0.1, 0.15) is 5.69 Å². The van der Waals surface area contributed by atoms with Crippen LogP contribution >= 0.6 is 0 Å². The highest BCUT2D eigenvalue weighted by Crippen LogP contribution is 2.27. The second-order valence-electron chi connectivity index (χ2n) is 4.15. The molecule has 0 unspecified atom stereocenters. The molecule has 1 aliphatic rings. The quantitative estimate of drug-likeness (QED) is 0.606. The van der Waals surface area contributed by atoms with Crippen LogP contribution in [-0.2, 0) is 4.74 Å². The standard InChI is InChI=1S/C10H15N5O3/c1-6-8(15(16)17)9(14-10(11)12-6)13-7-2-4-18-5-3-7/h7H,2-5H2,1H3,(H3,11,12,13,14). The molecule has 98 valence electrons. The van der Waals surface area contributed by atoms with Crippen LogP contribution in [-0.4, -0.2) is 34.1 Å². The number of nitrogens with one attached hydrogen (secondary N) is 1. The van der Waals surface area contributed by atoms with Crippen LogP contribution in [0.15, 0.2) is 0 Å². The molecule has 1 fully saturated rings. The van der Waals surface area contributed by atoms with Gasteiger partial charge in [0.15, 0.2) is 0 Å². The zero-order chi connectivity index (χ0) is 13.1. The monoisotopic (exact) mass is 253 g/mol. The van der Waals surface area contributed by atoms with Crippen molar-refractivity contribution in [3.8, 4) is 0 Å². The number of hydrogen-bond acceptors (Lipinski definition) is 7. The first-order valence-electron chi connectivity index (χ1n) is 5.70. The molecule has 0 aliphatic carbocycles. The third-order valence-electron chi connectivity index (χ3n) is 2.82. The minimum Gasteiger partial charge on any atom is -0.381 e. The molecule has 0 radical (unpaired) electrons. The maximum atomic E-state index is 11.0. The van der Waals surface area contributed by atoms with E-state index < -0.39 is 4.92 Å². The molecule has 1 aliphatic heterocycles. The molecule has 1 aromatic rings. The smallest absolute Gasteiger partial charge is 0.332 e. The predicted octanol–water partition coefficient (Wildman–Crippen LogP) is 0.866. The van der Waals surface area contributed by atoms with E-state index in [-0.39, 0.29) is 29.2 Å². The molecule has 1 aromatic heterocycles. The fourth-order valence-electron chi connectivity index (χ4n) is 1.94. The first-order valence-corrected chi connectivity index (χ1v) is 5.70. The Bertz CT molecular complexity index is 459. The van der Waals surface area contributed by atoms with E-state index in [1.165, 1.54) is 0 Å². The van der Waals surface area contributed by atoms with E-state index in [4.69, 9.17) is 10.5 Å². The highest BCUT2D eigenvalue weighted by Gasteiger charge is 2.24. The van der Waals surface area contributed by atoms with E-state index in [0.717, 1.165) is 12.8 Å². The maximum Gasteiger partial charge on any atom is 0.332 e. The molecule has 0 amide bonds. The summed E-state index contributed by atoms with van der Waals surface area (Å²) in [4.78, 5) is 18.3. The van der Waals surface area contributed by atoms with Gasteiger partial charge in [0.2, 0.25) is 11.8 Å². The largest absolute Gasteiger partial charge is 0.381 e. The Morgan fingerprint density at radius 3 is 2.72 bits per heavy atom. The lowest BCUT2D eigenvalue weighted by molar-refractivity contribution is -0.385. The number of rotatable bonds is 3. The molecular weight excluding hydrogens is 238 g/mol. The van der Waals surface area contributed by atoms with Gasteiger partial charge in [-0.1, -0.05) is 0 Å². The third-order valence-corrected chi connectivity index (χ3v) is 2.82. The first-order chi connectivity index (χ1) is 8.58. The van der Waals surface area contributed by atoms with Crippen molar-refractivity contribution in [2.75, 3.05) is 24.3 Å². The van der Waals surface area contributed by atoms with E-state index in [1.807, 2.05) is 0 Å². The zero-order valence-electron chi connectivity index (χ0n) is 10.0. The van der Waals surface area contributed by atoms with Gasteiger partial charge in [-0.2, -0.15) is 4.98 Å². The van der Waals surface area contributed by atoms with Gasteiger partial charge in [0.05, 0.1) is 4.92 Å². The molecule has 8 heteroatoms. The lowest BCUT2D eigenvalue weighted by Gasteiger charge is -2.23. The molecule has 0 bridgehead atoms. The van der Waals surface area contributed by atoms with E-state index >= 15 is 0 Å². The molecule has 0 saturated carbocycles. The number of hydrogen-bond donors (Lipinski definition) is 2. The summed E-state index contributed by atoms with van der Waals surface area (Å²) in [5.74, 6) is 0.226. The number of aryl methyl sites for hydroxylation is 1. The Kier molecular flexibility index (Phi) is 3.56. The molecule has 0 aromatic carbocycles. The Hall–Kier alpha value is -1.96. The Balaban J connectivity index is 2.27. The molecule has 3 N–H and O–H groups in total. The van der Waals surface area contributed by atoms with Crippen molar-refractivity contribution in [3.63, 3.8) is 0 Å². The molecule has 1 saturated heterocycles. The summed E-state index contributed by atoms with van der Waals surface area (Å²) >= 11 is 0. The number of nitro groups is 1. The van der Waals surface area contributed by atoms with Crippen molar-refractivity contribution >= 4 is 17.5 Å². The van der Waals surface area contributed by atoms with Gasteiger partial charge in [0.25, 0.3) is 0 Å². The van der Waals surface area contributed by atoms with E-state index in [2.05, 4.69) is 15.3 Å². The van der Waals surface area contributed by atoms with E-state index in [1.54, 1.807) is 6.92 Å². The first kappa shape index (κ1) is 12.5. The van der Waals surface area contributed by atoms with Crippen LogP contribution in [0.2, 0.25) is 0 Å². The molecule has 2 heterocycles. The van der Waals surface area contributed by atoms with Crippen molar-refractivity contribution in [2.24, 2.45) is 0 Å². The van der Waals surface area contributed by atoms with Gasteiger partial charge in [-0.3, -0.25) is 10.1 Å². The summed E-state index contributed by atoms with van der Waals surface area (Å²) in [6, 6.07) is 0.117. The van der Waals surface area contributed by atoms with Crippen molar-refractivity contribution in [3.05, 3.63) is 15.8 Å². The van der Waals surface area contributed by atoms with Crippen LogP contribution in [0.3, 0.4) is 0 Å². The summed E-state index contributed by atoms with van der Waals surface area (Å²) in [6.45, 7) is 2.83. The second-order valence-corrected chi connectivity index (χ2v) is 4.15. The SMILES string of the molecule is Cc1nc(N)nc(NC2CCOCC2)c1[N+](=O)[O-]. The van der Waals surface area contributed by atoms with Crippen molar-refractivity contribution < 1.29 is 9.66 Å². The van der Waals surface area contributed by atoms with Gasteiger partial charge >= 0.3 is 5.69 Å². The highest BCUT2D eigenvalue weighted by atomic mass is 16.6. The number of nitrogens with zero attached hydrogens (tertiary/aromatic N) is 3. The van der Waals surface area contributed by atoms with E-state index in [9.17, 15) is 10.1 Å². The van der Waals surface area contributed by atoms with Crippen LogP contribution in [0.25, 0.3) is 0 Å². The Morgan fingerprint density at radius 1 is 1.44 bits per heavy atom. The van der Waals surface area contributed by atoms with E-state index in [0.29, 0.717) is 13.2 Å². The van der Waals surface area contributed by atoms with Crippen LogP contribution in [0.1, 0.15) is 18.5 Å². The molecule has 0 spiro atoms. The molecule has 8 nitrogen and oxygen atoms in total. The maximum absolute atomic E-state index is 11.0. The van der Waals surface area contributed by atoms with Crippen molar-refractivity contribution in [1.82, 2.24) is 9.97 Å². The fraction of sp³-hybridized carbons (Fsp3) is 0.600. The van der Waals surface area contributed by atoms with Gasteiger partial charge in [-0.15, -0.1) is 0 Å². The lowest BCUT2D eigenvalue weighted by atomic mass is 10.1. The second kappa shape index (κ2) is 5.13. The van der Waals surface area contributed by atoms with Gasteiger partial charge < -0.3 is 15.8 Å². The third kappa shape index (κ3) is 2.65. The summed E-state index contributed by atoms with van der Waals surface area (Å²) in [6.07, 6.45) is 1.58. The lowest BCUT2D eigenvalue weighted by Crippen LogP contribution is -2.29. The van der Waals surface area contributed by atoms with Crippen LogP contribution < -0.4 is 11.1 Å². The summed E-state index contributed by atoms with van der Waals surface area (Å²) in [5.41, 5.74) is 5.67. The van der Waals surface area contributed by atoms with Crippen molar-refractivity contribution in [2.45, 2.75) is 25.8 Å². The fourth-order valence-corrected chi connectivity index (χ4v) is 1.94. The number of anilines is 2. The van der Waals surface area contributed by atoms with Crippen LogP contribution in [0.5, 0.6) is 0 Å². The molecular formula is C10H15N5O3. The van der Waals surface area contributed by atoms with Gasteiger partial charge in [-0.25, -0.2) is 4.98 Å². The van der Waals surface area contributed by atoms with Gasteiger partial charge in [0, 0.05) is 19.3 Å².